The van der Waals surface area contributed by atoms with Crippen molar-refractivity contribution >= 4 is 40.9 Å². The van der Waals surface area contributed by atoms with Gasteiger partial charge >= 0.3 is 12.1 Å². The summed E-state index contributed by atoms with van der Waals surface area (Å²) in [4.78, 5) is 54.9. The van der Waals surface area contributed by atoms with Crippen LogP contribution in [0.1, 0.15) is 87.2 Å². The number of anilines is 1. The van der Waals surface area contributed by atoms with Gasteiger partial charge in [-0.15, -0.1) is 11.3 Å². The predicted molar refractivity (Wildman–Crippen MR) is 141 cm³/mol. The molecule has 3 heterocycles. The number of piperidine rings is 1. The number of carbonyl (C=O) groups is 4. The lowest BCUT2D eigenvalue weighted by atomic mass is 9.82. The second-order valence-corrected chi connectivity index (χ2v) is 12.8. The summed E-state index contributed by atoms with van der Waals surface area (Å²) < 4.78 is 5.49. The minimum atomic E-state index is -1.02. The summed E-state index contributed by atoms with van der Waals surface area (Å²) in [5, 5.41) is 12.7. The topological polar surface area (TPSA) is 116 Å². The highest BCUT2D eigenvalue weighted by Crippen LogP contribution is 2.41. The Morgan fingerprint density at radius 2 is 1.76 bits per heavy atom. The van der Waals surface area contributed by atoms with E-state index >= 15 is 0 Å². The van der Waals surface area contributed by atoms with E-state index in [1.54, 1.807) is 9.80 Å². The van der Waals surface area contributed by atoms with E-state index in [1.807, 2.05) is 26.8 Å². The molecule has 4 rings (SSSR count). The molecule has 0 unspecified atom stereocenters. The molecule has 10 heteroatoms. The lowest BCUT2D eigenvalue weighted by Gasteiger charge is -2.40. The number of hydrogen-bond donors (Lipinski definition) is 2. The molecule has 0 radical (unpaired) electrons. The van der Waals surface area contributed by atoms with Crippen molar-refractivity contribution in [3.05, 3.63) is 15.8 Å². The Hall–Kier alpha value is -2.62. The summed E-state index contributed by atoms with van der Waals surface area (Å²) >= 11 is 1.24. The minimum absolute atomic E-state index is 0.00391. The molecule has 0 spiro atoms. The third-order valence-corrected chi connectivity index (χ3v) is 9.34. The Balaban J connectivity index is 1.55. The molecule has 37 heavy (non-hydrogen) atoms. The Morgan fingerprint density at radius 3 is 2.30 bits per heavy atom. The van der Waals surface area contributed by atoms with Crippen LogP contribution < -0.4 is 10.2 Å². The van der Waals surface area contributed by atoms with Gasteiger partial charge in [0.05, 0.1) is 18.7 Å². The van der Waals surface area contributed by atoms with Crippen LogP contribution in [0.3, 0.4) is 0 Å². The van der Waals surface area contributed by atoms with Crippen molar-refractivity contribution < 1.29 is 29.0 Å². The van der Waals surface area contributed by atoms with E-state index in [9.17, 15) is 24.3 Å². The van der Waals surface area contributed by atoms with Gasteiger partial charge < -0.3 is 25.0 Å². The van der Waals surface area contributed by atoms with Crippen molar-refractivity contribution in [3.63, 3.8) is 0 Å². The van der Waals surface area contributed by atoms with Crippen molar-refractivity contribution in [2.75, 3.05) is 24.5 Å². The molecule has 0 bridgehead atoms. The average molecular weight is 534 g/mol. The number of carbonyl (C=O) groups excluding carboxylic acids is 3. The number of nitrogens with one attached hydrogen (secondary N) is 1. The van der Waals surface area contributed by atoms with Crippen LogP contribution in [-0.4, -0.2) is 65.7 Å². The van der Waals surface area contributed by atoms with E-state index in [0.717, 1.165) is 30.6 Å². The zero-order chi connectivity index (χ0) is 26.9. The maximum absolute atomic E-state index is 14.0. The van der Waals surface area contributed by atoms with Crippen LogP contribution in [0.5, 0.6) is 0 Å². The molecule has 2 aliphatic heterocycles. The third-order valence-electron chi connectivity index (χ3n) is 7.80. The quantitative estimate of drug-likeness (QED) is 0.580. The van der Waals surface area contributed by atoms with Gasteiger partial charge in [-0.1, -0.05) is 27.7 Å². The summed E-state index contributed by atoms with van der Waals surface area (Å²) in [6.07, 6.45) is 3.96. The number of amides is 3. The van der Waals surface area contributed by atoms with Gasteiger partial charge in [0, 0.05) is 29.9 Å². The van der Waals surface area contributed by atoms with Gasteiger partial charge in [0.15, 0.2) is 0 Å². The van der Waals surface area contributed by atoms with E-state index in [0.29, 0.717) is 44.1 Å². The standard InChI is InChI=1S/C27H39N3O6S/c1-16-5-7-17(8-6-16)24(32)30(20-14-21(27(2,3)4)37-23(20)25(33)34)18-9-11-29(12-10-18)26(35)36-19-13-22(31)28-15-19/h14,16-19H,5-13,15H2,1-4H3,(H,28,31)(H,33,34)/t16?,17?,19-/m1/s1. The summed E-state index contributed by atoms with van der Waals surface area (Å²) in [5.74, 6) is -0.663. The SMILES string of the molecule is CC1CCC(C(=O)N(c2cc(C(C)(C)C)sc2C(=O)O)C2CCN(C(=O)O[C@H]3CNC(=O)C3)CC2)CC1. The maximum atomic E-state index is 14.0. The molecule has 1 aromatic rings. The molecule has 3 fully saturated rings. The molecule has 204 valence electrons. The summed E-state index contributed by atoms with van der Waals surface area (Å²) in [5.41, 5.74) is 0.244. The second-order valence-electron chi connectivity index (χ2n) is 11.8. The van der Waals surface area contributed by atoms with Crippen LogP contribution in [0.2, 0.25) is 0 Å². The number of hydrogen-bond acceptors (Lipinski definition) is 6. The molecule has 1 saturated carbocycles. The molecule has 2 saturated heterocycles. The molecule has 1 aromatic heterocycles. The minimum Gasteiger partial charge on any atom is -0.477 e. The number of thiophene rings is 1. The molecule has 3 amide bonds. The molecular weight excluding hydrogens is 494 g/mol. The Labute approximate surface area is 222 Å². The number of ether oxygens (including phenoxy) is 1. The molecule has 9 nitrogen and oxygen atoms in total. The van der Waals surface area contributed by atoms with E-state index in [2.05, 4.69) is 12.2 Å². The fourth-order valence-electron chi connectivity index (χ4n) is 5.47. The highest BCUT2D eigenvalue weighted by atomic mass is 32.1. The van der Waals surface area contributed by atoms with Crippen molar-refractivity contribution in [3.8, 4) is 0 Å². The normalized spacial score (nSPS) is 25.0. The van der Waals surface area contributed by atoms with Gasteiger partial charge in [-0.05, 0) is 55.9 Å². The highest BCUT2D eigenvalue weighted by Gasteiger charge is 2.39. The number of aromatic carboxylic acids is 1. The Bertz CT molecular complexity index is 1030. The van der Waals surface area contributed by atoms with Gasteiger partial charge in [0.1, 0.15) is 11.0 Å². The third kappa shape index (κ3) is 6.27. The van der Waals surface area contributed by atoms with Crippen molar-refractivity contribution in [2.24, 2.45) is 11.8 Å². The molecular formula is C27H39N3O6S. The van der Waals surface area contributed by atoms with Gasteiger partial charge in [-0.25, -0.2) is 9.59 Å². The number of rotatable bonds is 5. The smallest absolute Gasteiger partial charge is 0.410 e. The number of likely N-dealkylation sites (tertiary alicyclic amines) is 1. The van der Waals surface area contributed by atoms with E-state index in [1.165, 1.54) is 11.3 Å². The van der Waals surface area contributed by atoms with Crippen LogP contribution in [0, 0.1) is 11.8 Å². The van der Waals surface area contributed by atoms with Crippen molar-refractivity contribution in [2.45, 2.75) is 90.2 Å². The largest absolute Gasteiger partial charge is 0.477 e. The van der Waals surface area contributed by atoms with Crippen LogP contribution in [0.25, 0.3) is 0 Å². The fraction of sp³-hybridized carbons (Fsp3) is 0.704. The predicted octanol–water partition coefficient (Wildman–Crippen LogP) is 4.39. The molecule has 1 aliphatic carbocycles. The first-order valence-electron chi connectivity index (χ1n) is 13.4. The van der Waals surface area contributed by atoms with Crippen LogP contribution in [-0.2, 0) is 19.7 Å². The Morgan fingerprint density at radius 1 is 1.11 bits per heavy atom. The van der Waals surface area contributed by atoms with E-state index in [4.69, 9.17) is 4.74 Å². The van der Waals surface area contributed by atoms with Crippen LogP contribution >= 0.6 is 11.3 Å². The zero-order valence-electron chi connectivity index (χ0n) is 22.2. The molecule has 0 aromatic carbocycles. The van der Waals surface area contributed by atoms with Gasteiger partial charge in [-0.2, -0.15) is 0 Å². The van der Waals surface area contributed by atoms with E-state index < -0.39 is 18.2 Å². The first-order chi connectivity index (χ1) is 17.4. The summed E-state index contributed by atoms with van der Waals surface area (Å²) in [6.45, 7) is 9.47. The highest BCUT2D eigenvalue weighted by molar-refractivity contribution is 7.14. The number of carboxylic acid groups (broad SMARTS) is 1. The van der Waals surface area contributed by atoms with E-state index in [-0.39, 0.29) is 40.5 Å². The van der Waals surface area contributed by atoms with Crippen molar-refractivity contribution in [1.29, 1.82) is 0 Å². The van der Waals surface area contributed by atoms with Crippen molar-refractivity contribution in [1.82, 2.24) is 10.2 Å². The summed E-state index contributed by atoms with van der Waals surface area (Å²) in [6, 6.07) is 1.69. The molecule has 3 aliphatic rings. The van der Waals surface area contributed by atoms with Gasteiger partial charge in [-0.3, -0.25) is 9.59 Å². The van der Waals surface area contributed by atoms with Crippen LogP contribution in [0.4, 0.5) is 10.5 Å². The Kier molecular flexibility index (Phi) is 8.16. The monoisotopic (exact) mass is 533 g/mol. The van der Waals surface area contributed by atoms with Gasteiger partial charge in [0.25, 0.3) is 0 Å². The zero-order valence-corrected chi connectivity index (χ0v) is 23.1. The molecule has 1 atom stereocenters. The lowest BCUT2D eigenvalue weighted by molar-refractivity contribution is -0.124. The maximum Gasteiger partial charge on any atom is 0.410 e. The fourth-order valence-corrected chi connectivity index (χ4v) is 6.51. The first-order valence-corrected chi connectivity index (χ1v) is 14.2. The molecule has 2 N–H and O–H groups in total. The van der Waals surface area contributed by atoms with Gasteiger partial charge in [0.2, 0.25) is 11.8 Å². The van der Waals surface area contributed by atoms with Crippen LogP contribution in [0.15, 0.2) is 6.07 Å². The summed E-state index contributed by atoms with van der Waals surface area (Å²) in [7, 11) is 0. The number of nitrogens with zero attached hydrogens (tertiary/aromatic N) is 2. The average Bonchev–Trinajstić information content (AvgIpc) is 3.46. The first kappa shape index (κ1) is 27.4. The second kappa shape index (κ2) is 11.0. The lowest BCUT2D eigenvalue weighted by Crippen LogP contribution is -2.51. The number of carboxylic acids is 1.